The fourth-order valence-corrected chi connectivity index (χ4v) is 3.09. The van der Waals surface area contributed by atoms with Gasteiger partial charge in [0.05, 0.1) is 12.2 Å². The van der Waals surface area contributed by atoms with E-state index in [1.807, 2.05) is 36.2 Å². The van der Waals surface area contributed by atoms with Crippen LogP contribution in [0, 0.1) is 0 Å². The van der Waals surface area contributed by atoms with Gasteiger partial charge in [0.15, 0.2) is 5.65 Å². The fraction of sp³-hybridized carbons (Fsp3) is 0.222. The van der Waals surface area contributed by atoms with E-state index in [9.17, 15) is 9.59 Å². The minimum Gasteiger partial charge on any atom is -0.310 e. The van der Waals surface area contributed by atoms with E-state index in [0.29, 0.717) is 24.4 Å². The molecule has 0 unspecified atom stereocenters. The first kappa shape index (κ1) is 15.5. The van der Waals surface area contributed by atoms with Gasteiger partial charge in [0.1, 0.15) is 6.33 Å². The standard InChI is InChI=1S/C18H17N5O2/c1-21-7-8-22(17(25)11-21)14-3-2-4-15(9-14)23-16(24)6-5-13-10-19-12-20-18(13)23/h2-6,9-10,12H,7-8,11H2,1H3. The Bertz CT molecular complexity index is 1010. The summed E-state index contributed by atoms with van der Waals surface area (Å²) in [7, 11) is 1.93. The predicted octanol–water partition coefficient (Wildman–Crippen LogP) is 1.06. The zero-order valence-electron chi connectivity index (χ0n) is 13.8. The Hall–Kier alpha value is -3.06. The van der Waals surface area contributed by atoms with Gasteiger partial charge in [0.25, 0.3) is 5.56 Å². The first-order valence-corrected chi connectivity index (χ1v) is 8.04. The molecular formula is C18H17N5O2. The second-order valence-electron chi connectivity index (χ2n) is 6.11. The summed E-state index contributed by atoms with van der Waals surface area (Å²) in [5, 5.41) is 0.781. The minimum absolute atomic E-state index is 0.0542. The van der Waals surface area contributed by atoms with Crippen LogP contribution >= 0.6 is 0 Å². The summed E-state index contributed by atoms with van der Waals surface area (Å²) in [6, 6.07) is 10.6. The normalized spacial score (nSPS) is 15.7. The van der Waals surface area contributed by atoms with E-state index in [2.05, 4.69) is 9.97 Å². The summed E-state index contributed by atoms with van der Waals surface area (Å²) in [6.45, 7) is 1.84. The summed E-state index contributed by atoms with van der Waals surface area (Å²) < 4.78 is 1.54. The minimum atomic E-state index is -0.173. The van der Waals surface area contributed by atoms with Crippen molar-refractivity contribution in [2.75, 3.05) is 31.6 Å². The second kappa shape index (κ2) is 6.10. The molecule has 0 saturated carbocycles. The molecule has 0 atom stereocenters. The molecule has 3 heterocycles. The largest absolute Gasteiger partial charge is 0.310 e. The van der Waals surface area contributed by atoms with Gasteiger partial charge in [-0.05, 0) is 31.3 Å². The van der Waals surface area contributed by atoms with Crippen LogP contribution in [0.15, 0.2) is 53.7 Å². The monoisotopic (exact) mass is 335 g/mol. The first-order chi connectivity index (χ1) is 12.1. The lowest BCUT2D eigenvalue weighted by atomic mass is 10.2. The van der Waals surface area contributed by atoms with Crippen molar-refractivity contribution in [1.82, 2.24) is 19.4 Å². The molecule has 1 aliphatic rings. The average molecular weight is 335 g/mol. The number of rotatable bonds is 2. The van der Waals surface area contributed by atoms with Gasteiger partial charge in [-0.1, -0.05) is 6.07 Å². The van der Waals surface area contributed by atoms with Crippen molar-refractivity contribution in [3.8, 4) is 5.69 Å². The SMILES string of the molecule is CN1CCN(c2cccc(-n3c(=O)ccc4cncnc43)c2)C(=O)C1. The third-order valence-electron chi connectivity index (χ3n) is 4.37. The number of aromatic nitrogens is 3. The van der Waals surface area contributed by atoms with E-state index in [4.69, 9.17) is 0 Å². The van der Waals surface area contributed by atoms with Crippen LogP contribution in [-0.2, 0) is 4.79 Å². The second-order valence-corrected chi connectivity index (χ2v) is 6.11. The molecule has 0 radical (unpaired) electrons. The maximum atomic E-state index is 12.4. The molecule has 4 rings (SSSR count). The van der Waals surface area contributed by atoms with E-state index in [0.717, 1.165) is 17.6 Å². The highest BCUT2D eigenvalue weighted by molar-refractivity contribution is 5.95. The number of carbonyl (C=O) groups is 1. The van der Waals surface area contributed by atoms with Gasteiger partial charge in [0.2, 0.25) is 5.91 Å². The van der Waals surface area contributed by atoms with E-state index in [-0.39, 0.29) is 11.5 Å². The highest BCUT2D eigenvalue weighted by Gasteiger charge is 2.23. The number of benzene rings is 1. The summed E-state index contributed by atoms with van der Waals surface area (Å²) in [6.07, 6.45) is 3.10. The van der Waals surface area contributed by atoms with E-state index < -0.39 is 0 Å². The van der Waals surface area contributed by atoms with Crippen LogP contribution in [0.4, 0.5) is 5.69 Å². The Morgan fingerprint density at radius 3 is 2.72 bits per heavy atom. The molecule has 25 heavy (non-hydrogen) atoms. The maximum Gasteiger partial charge on any atom is 0.256 e. The van der Waals surface area contributed by atoms with Crippen LogP contribution in [0.5, 0.6) is 0 Å². The lowest BCUT2D eigenvalue weighted by Gasteiger charge is -2.32. The molecule has 1 saturated heterocycles. The van der Waals surface area contributed by atoms with Crippen LogP contribution in [-0.4, -0.2) is 52.0 Å². The first-order valence-electron chi connectivity index (χ1n) is 8.04. The van der Waals surface area contributed by atoms with Crippen molar-refractivity contribution in [1.29, 1.82) is 0 Å². The van der Waals surface area contributed by atoms with Crippen molar-refractivity contribution < 1.29 is 4.79 Å². The molecule has 0 N–H and O–H groups in total. The number of carbonyl (C=O) groups excluding carboxylic acids is 1. The van der Waals surface area contributed by atoms with E-state index >= 15 is 0 Å². The molecule has 7 heteroatoms. The summed E-state index contributed by atoms with van der Waals surface area (Å²) in [5.41, 5.74) is 1.84. The van der Waals surface area contributed by atoms with Gasteiger partial charge < -0.3 is 4.90 Å². The molecule has 1 aliphatic heterocycles. The molecule has 1 fully saturated rings. The lowest BCUT2D eigenvalue weighted by molar-refractivity contribution is -0.120. The topological polar surface area (TPSA) is 71.3 Å². The molecule has 7 nitrogen and oxygen atoms in total. The molecule has 1 amide bonds. The quantitative estimate of drug-likeness (QED) is 0.700. The van der Waals surface area contributed by atoms with Crippen LogP contribution in [0.3, 0.4) is 0 Å². The Morgan fingerprint density at radius 2 is 1.88 bits per heavy atom. The highest BCUT2D eigenvalue weighted by Crippen LogP contribution is 2.21. The van der Waals surface area contributed by atoms with Crippen molar-refractivity contribution in [2.45, 2.75) is 0 Å². The smallest absolute Gasteiger partial charge is 0.256 e. The summed E-state index contributed by atoms with van der Waals surface area (Å²) in [5.74, 6) is 0.0542. The number of amides is 1. The third kappa shape index (κ3) is 2.78. The molecule has 0 bridgehead atoms. The van der Waals surface area contributed by atoms with E-state index in [1.165, 1.54) is 12.4 Å². The molecule has 0 spiro atoms. The molecular weight excluding hydrogens is 318 g/mol. The Labute approximate surface area is 144 Å². The number of hydrogen-bond donors (Lipinski definition) is 0. The zero-order chi connectivity index (χ0) is 17.4. The average Bonchev–Trinajstić information content (AvgIpc) is 2.62. The molecule has 2 aromatic heterocycles. The molecule has 1 aromatic carbocycles. The molecule has 126 valence electrons. The van der Waals surface area contributed by atoms with Crippen LogP contribution in [0.25, 0.3) is 16.7 Å². The van der Waals surface area contributed by atoms with Gasteiger partial charge >= 0.3 is 0 Å². The van der Waals surface area contributed by atoms with Crippen LogP contribution < -0.4 is 10.5 Å². The number of pyridine rings is 1. The van der Waals surface area contributed by atoms with Crippen molar-refractivity contribution in [2.24, 2.45) is 0 Å². The summed E-state index contributed by atoms with van der Waals surface area (Å²) >= 11 is 0. The van der Waals surface area contributed by atoms with Gasteiger partial charge in [-0.25, -0.2) is 9.97 Å². The predicted molar refractivity (Wildman–Crippen MR) is 95.0 cm³/mol. The number of nitrogens with zero attached hydrogens (tertiary/aromatic N) is 5. The van der Waals surface area contributed by atoms with Crippen molar-refractivity contribution in [3.05, 3.63) is 59.3 Å². The van der Waals surface area contributed by atoms with Gasteiger partial charge in [0, 0.05) is 36.4 Å². The van der Waals surface area contributed by atoms with Crippen LogP contribution in [0.1, 0.15) is 0 Å². The Balaban J connectivity index is 1.82. The van der Waals surface area contributed by atoms with Gasteiger partial charge in [-0.3, -0.25) is 19.1 Å². The fourth-order valence-electron chi connectivity index (χ4n) is 3.09. The molecule has 3 aromatic rings. The summed E-state index contributed by atoms with van der Waals surface area (Å²) in [4.78, 5) is 36.8. The zero-order valence-corrected chi connectivity index (χ0v) is 13.8. The lowest BCUT2D eigenvalue weighted by Crippen LogP contribution is -2.48. The van der Waals surface area contributed by atoms with Crippen molar-refractivity contribution >= 4 is 22.6 Å². The van der Waals surface area contributed by atoms with Gasteiger partial charge in [-0.2, -0.15) is 0 Å². The Kier molecular flexibility index (Phi) is 3.77. The Morgan fingerprint density at radius 1 is 1.04 bits per heavy atom. The third-order valence-corrected chi connectivity index (χ3v) is 4.37. The van der Waals surface area contributed by atoms with Crippen molar-refractivity contribution in [3.63, 3.8) is 0 Å². The number of fused-ring (bicyclic) bond motifs is 1. The van der Waals surface area contributed by atoms with Gasteiger partial charge in [-0.15, -0.1) is 0 Å². The maximum absolute atomic E-state index is 12.4. The molecule has 0 aliphatic carbocycles. The number of likely N-dealkylation sites (N-methyl/N-ethyl adjacent to an activating group) is 1. The number of hydrogen-bond acceptors (Lipinski definition) is 5. The van der Waals surface area contributed by atoms with Crippen LogP contribution in [0.2, 0.25) is 0 Å². The number of piperazine rings is 1. The van der Waals surface area contributed by atoms with E-state index in [1.54, 1.807) is 21.7 Å². The number of anilines is 1. The highest BCUT2D eigenvalue weighted by atomic mass is 16.2.